The molecule has 1 fully saturated rings. The van der Waals surface area contributed by atoms with Gasteiger partial charge in [-0.25, -0.2) is 0 Å². The van der Waals surface area contributed by atoms with Crippen LogP contribution in [0.3, 0.4) is 0 Å². The van der Waals surface area contributed by atoms with Crippen molar-refractivity contribution in [3.8, 4) is 0 Å². The molecule has 0 aliphatic carbocycles. The number of amides is 1. The molecule has 1 saturated heterocycles. The van der Waals surface area contributed by atoms with Crippen LogP contribution in [0.1, 0.15) is 28.0 Å². The highest BCUT2D eigenvalue weighted by atomic mass is 35.5. The zero-order valence-corrected chi connectivity index (χ0v) is 13.1. The van der Waals surface area contributed by atoms with Crippen molar-refractivity contribution in [2.45, 2.75) is 25.3 Å². The van der Waals surface area contributed by atoms with Crippen LogP contribution in [-0.2, 0) is 11.2 Å². The fraction of sp³-hybridized carbons (Fsp3) is 0.375. The first-order chi connectivity index (χ1) is 10.6. The van der Waals surface area contributed by atoms with Crippen molar-refractivity contribution in [1.29, 1.82) is 0 Å². The molecule has 0 bridgehead atoms. The van der Waals surface area contributed by atoms with Crippen LogP contribution in [0.2, 0.25) is 5.02 Å². The van der Waals surface area contributed by atoms with E-state index in [1.807, 2.05) is 31.2 Å². The fourth-order valence-corrected chi connectivity index (χ4v) is 2.90. The summed E-state index contributed by atoms with van der Waals surface area (Å²) in [5, 5.41) is 10.5. The van der Waals surface area contributed by atoms with Gasteiger partial charge in [0.1, 0.15) is 0 Å². The summed E-state index contributed by atoms with van der Waals surface area (Å²) in [6.45, 7) is 3.00. The van der Waals surface area contributed by atoms with E-state index < -0.39 is 0 Å². The number of aromatic nitrogens is 2. The van der Waals surface area contributed by atoms with Crippen molar-refractivity contribution in [1.82, 2.24) is 15.5 Å². The Morgan fingerprint density at radius 3 is 2.82 bits per heavy atom. The Hall–Kier alpha value is -1.85. The van der Waals surface area contributed by atoms with E-state index >= 15 is 0 Å². The monoisotopic (exact) mass is 319 g/mol. The molecule has 0 unspecified atom stereocenters. The van der Waals surface area contributed by atoms with Gasteiger partial charge in [-0.3, -0.25) is 9.89 Å². The molecule has 2 aromatic rings. The lowest BCUT2D eigenvalue weighted by Gasteiger charge is -2.29. The number of halogens is 1. The lowest BCUT2D eigenvalue weighted by molar-refractivity contribution is 0.0877. The summed E-state index contributed by atoms with van der Waals surface area (Å²) in [6.07, 6.45) is 3.06. The van der Waals surface area contributed by atoms with E-state index in [-0.39, 0.29) is 11.4 Å². The molecule has 6 heteroatoms. The highest BCUT2D eigenvalue weighted by Crippen LogP contribution is 2.25. The molecule has 0 radical (unpaired) electrons. The quantitative estimate of drug-likeness (QED) is 0.910. The van der Waals surface area contributed by atoms with Crippen LogP contribution in [0.4, 0.5) is 0 Å². The van der Waals surface area contributed by atoms with Gasteiger partial charge in [0, 0.05) is 17.3 Å². The van der Waals surface area contributed by atoms with E-state index in [2.05, 4.69) is 15.5 Å². The molecule has 5 nitrogen and oxygen atoms in total. The molecule has 3 rings (SSSR count). The van der Waals surface area contributed by atoms with Crippen LogP contribution in [0, 0.1) is 6.92 Å². The first kappa shape index (κ1) is 15.1. The molecule has 2 heterocycles. The standard InChI is InChI=1S/C16H18ClN3O2/c1-11-14(9-18-20-11)15(21)19-16(6-7-22-10-16)8-12-2-4-13(17)5-3-12/h2-5,9H,6-8,10H2,1H3,(H,18,20)(H,19,21)/t16-/m0/s1. The van der Waals surface area contributed by atoms with E-state index in [4.69, 9.17) is 16.3 Å². The molecule has 1 aromatic heterocycles. The lowest BCUT2D eigenvalue weighted by atomic mass is 9.89. The van der Waals surface area contributed by atoms with Crippen molar-refractivity contribution < 1.29 is 9.53 Å². The van der Waals surface area contributed by atoms with Gasteiger partial charge in [0.15, 0.2) is 0 Å². The Kier molecular flexibility index (Phi) is 4.18. The summed E-state index contributed by atoms with van der Waals surface area (Å²) < 4.78 is 5.54. The third kappa shape index (κ3) is 3.15. The van der Waals surface area contributed by atoms with E-state index in [1.165, 1.54) is 0 Å². The second-order valence-corrected chi connectivity index (χ2v) is 6.19. The minimum atomic E-state index is -0.380. The summed E-state index contributed by atoms with van der Waals surface area (Å²) in [6, 6.07) is 7.69. The summed E-state index contributed by atoms with van der Waals surface area (Å²) >= 11 is 5.93. The predicted molar refractivity (Wildman–Crippen MR) is 84.1 cm³/mol. The SMILES string of the molecule is Cc1[nH]ncc1C(=O)N[C@]1(Cc2ccc(Cl)cc2)CCOC1. The Labute approximate surface area is 134 Å². The zero-order valence-electron chi connectivity index (χ0n) is 12.4. The topological polar surface area (TPSA) is 67.0 Å². The Bertz CT molecular complexity index is 660. The zero-order chi connectivity index (χ0) is 15.6. The number of aryl methyl sites for hydroxylation is 1. The number of nitrogens with one attached hydrogen (secondary N) is 2. The summed E-state index contributed by atoms with van der Waals surface area (Å²) in [4.78, 5) is 12.5. The van der Waals surface area contributed by atoms with Gasteiger partial charge in [-0.2, -0.15) is 5.10 Å². The van der Waals surface area contributed by atoms with E-state index in [0.717, 1.165) is 17.7 Å². The second kappa shape index (κ2) is 6.10. The number of carbonyl (C=O) groups is 1. The average Bonchev–Trinajstić information content (AvgIpc) is 3.11. The van der Waals surface area contributed by atoms with Crippen LogP contribution in [0.25, 0.3) is 0 Å². The van der Waals surface area contributed by atoms with Gasteiger partial charge < -0.3 is 10.1 Å². The second-order valence-electron chi connectivity index (χ2n) is 5.75. The number of H-pyrrole nitrogens is 1. The third-order valence-electron chi connectivity index (χ3n) is 4.01. The minimum absolute atomic E-state index is 0.120. The maximum Gasteiger partial charge on any atom is 0.255 e. The highest BCUT2D eigenvalue weighted by molar-refractivity contribution is 6.30. The largest absolute Gasteiger partial charge is 0.379 e. The molecular weight excluding hydrogens is 302 g/mol. The van der Waals surface area contributed by atoms with Gasteiger partial charge in [-0.15, -0.1) is 0 Å². The van der Waals surface area contributed by atoms with Crippen LogP contribution >= 0.6 is 11.6 Å². The van der Waals surface area contributed by atoms with Crippen molar-refractivity contribution >= 4 is 17.5 Å². The Balaban J connectivity index is 1.78. The van der Waals surface area contributed by atoms with Gasteiger partial charge in [0.05, 0.1) is 23.9 Å². The number of hydrogen-bond donors (Lipinski definition) is 2. The molecule has 22 heavy (non-hydrogen) atoms. The first-order valence-electron chi connectivity index (χ1n) is 7.23. The van der Waals surface area contributed by atoms with Crippen LogP contribution in [0.15, 0.2) is 30.5 Å². The van der Waals surface area contributed by atoms with E-state index in [9.17, 15) is 4.79 Å². The maximum absolute atomic E-state index is 12.5. The molecule has 1 aromatic carbocycles. The number of ether oxygens (including phenoxy) is 1. The first-order valence-corrected chi connectivity index (χ1v) is 7.60. The number of benzene rings is 1. The molecule has 116 valence electrons. The summed E-state index contributed by atoms with van der Waals surface area (Å²) in [5.41, 5.74) is 2.08. The lowest BCUT2D eigenvalue weighted by Crippen LogP contribution is -2.50. The van der Waals surface area contributed by atoms with Crippen molar-refractivity contribution in [2.75, 3.05) is 13.2 Å². The van der Waals surface area contributed by atoms with Gasteiger partial charge in [0.2, 0.25) is 0 Å². The molecular formula is C16H18ClN3O2. The van der Waals surface area contributed by atoms with Crippen LogP contribution in [0.5, 0.6) is 0 Å². The summed E-state index contributed by atoms with van der Waals surface area (Å²) in [7, 11) is 0. The van der Waals surface area contributed by atoms with Crippen LogP contribution in [-0.4, -0.2) is 34.9 Å². The average molecular weight is 320 g/mol. The van der Waals surface area contributed by atoms with Crippen LogP contribution < -0.4 is 5.32 Å². The van der Waals surface area contributed by atoms with Crippen molar-refractivity contribution in [3.63, 3.8) is 0 Å². The molecule has 0 spiro atoms. The smallest absolute Gasteiger partial charge is 0.255 e. The molecule has 1 amide bonds. The minimum Gasteiger partial charge on any atom is -0.379 e. The van der Waals surface area contributed by atoms with E-state index in [0.29, 0.717) is 30.2 Å². The van der Waals surface area contributed by atoms with Gasteiger partial charge in [-0.05, 0) is 37.5 Å². The number of nitrogens with zero attached hydrogens (tertiary/aromatic N) is 1. The molecule has 1 aliphatic heterocycles. The van der Waals surface area contributed by atoms with Gasteiger partial charge in [-0.1, -0.05) is 23.7 Å². The Morgan fingerprint density at radius 2 is 2.23 bits per heavy atom. The molecule has 1 atom stereocenters. The number of carbonyl (C=O) groups excluding carboxylic acids is 1. The maximum atomic E-state index is 12.5. The highest BCUT2D eigenvalue weighted by Gasteiger charge is 2.37. The van der Waals surface area contributed by atoms with E-state index in [1.54, 1.807) is 6.20 Å². The van der Waals surface area contributed by atoms with Crippen molar-refractivity contribution in [3.05, 3.63) is 52.3 Å². The number of rotatable bonds is 4. The summed E-state index contributed by atoms with van der Waals surface area (Å²) in [5.74, 6) is -0.120. The van der Waals surface area contributed by atoms with Crippen molar-refractivity contribution in [2.24, 2.45) is 0 Å². The molecule has 2 N–H and O–H groups in total. The van der Waals surface area contributed by atoms with Gasteiger partial charge in [0.25, 0.3) is 5.91 Å². The number of aromatic amines is 1. The third-order valence-corrected chi connectivity index (χ3v) is 4.26. The number of hydrogen-bond acceptors (Lipinski definition) is 3. The molecule has 0 saturated carbocycles. The predicted octanol–water partition coefficient (Wildman–Crippen LogP) is 2.50. The normalized spacial score (nSPS) is 21.0. The van der Waals surface area contributed by atoms with Gasteiger partial charge >= 0.3 is 0 Å². The fourth-order valence-electron chi connectivity index (χ4n) is 2.77. The molecule has 1 aliphatic rings. The Morgan fingerprint density at radius 1 is 1.45 bits per heavy atom.